The van der Waals surface area contributed by atoms with E-state index in [0.29, 0.717) is 5.01 Å². The normalized spacial score (nSPS) is 12.1. The number of carbonyl (C=O) groups excluding carboxylic acids is 1. The molecule has 0 aliphatic rings. The molecule has 1 amide bonds. The van der Waals surface area contributed by atoms with Gasteiger partial charge in [-0.1, -0.05) is 41.2 Å². The fourth-order valence-electron chi connectivity index (χ4n) is 2.36. The molecule has 0 saturated carbocycles. The second kappa shape index (κ2) is 7.95. The van der Waals surface area contributed by atoms with Gasteiger partial charge in [-0.25, -0.2) is 4.68 Å². The maximum atomic E-state index is 12.6. The van der Waals surface area contributed by atoms with Crippen molar-refractivity contribution in [1.29, 1.82) is 0 Å². The van der Waals surface area contributed by atoms with Crippen LogP contribution in [0.25, 0.3) is 0 Å². The Hall–Kier alpha value is -2.98. The first-order valence-electron chi connectivity index (χ1n) is 8.25. The van der Waals surface area contributed by atoms with Crippen molar-refractivity contribution in [3.8, 4) is 5.75 Å². The molecule has 0 unspecified atom stereocenters. The van der Waals surface area contributed by atoms with Crippen LogP contribution in [-0.2, 0) is 21.4 Å². The number of hydrogen-bond acceptors (Lipinski definition) is 6. The van der Waals surface area contributed by atoms with Crippen LogP contribution in [0.3, 0.4) is 0 Å². The highest BCUT2D eigenvalue weighted by Crippen LogP contribution is 2.21. The summed E-state index contributed by atoms with van der Waals surface area (Å²) in [6, 6.07) is 12.7. The zero-order chi connectivity index (χ0) is 20.3. The van der Waals surface area contributed by atoms with E-state index in [2.05, 4.69) is 14.8 Å². The smallest absolute Gasteiger partial charge is 0.285 e. The number of nitrogens with zero attached hydrogens (tertiary/aromatic N) is 3. The lowest BCUT2D eigenvalue weighted by atomic mass is 10.2. The van der Waals surface area contributed by atoms with Gasteiger partial charge in [-0.15, -0.1) is 4.40 Å². The highest BCUT2D eigenvalue weighted by atomic mass is 32.2. The summed E-state index contributed by atoms with van der Waals surface area (Å²) >= 11 is 1.07. The van der Waals surface area contributed by atoms with Gasteiger partial charge in [-0.2, -0.15) is 13.5 Å². The van der Waals surface area contributed by atoms with Crippen LogP contribution < -0.4 is 10.1 Å². The molecular weight excluding hydrogens is 400 g/mol. The van der Waals surface area contributed by atoms with Crippen molar-refractivity contribution in [3.63, 3.8) is 0 Å². The monoisotopic (exact) mass is 418 g/mol. The molecule has 0 aliphatic carbocycles. The van der Waals surface area contributed by atoms with Crippen molar-refractivity contribution in [3.05, 3.63) is 63.9 Å². The van der Waals surface area contributed by atoms with Crippen LogP contribution in [0.15, 0.2) is 57.8 Å². The third-order valence-corrected chi connectivity index (χ3v) is 5.97. The maximum Gasteiger partial charge on any atom is 0.285 e. The number of hydrogen-bond donors (Lipinski definition) is 2. The molecule has 0 atom stereocenters. The van der Waals surface area contributed by atoms with Crippen LogP contribution in [-0.4, -0.2) is 29.2 Å². The van der Waals surface area contributed by atoms with Gasteiger partial charge in [0, 0.05) is 0 Å². The van der Waals surface area contributed by atoms with Gasteiger partial charge >= 0.3 is 0 Å². The molecular formula is C18H18N4O4S2. The Labute approximate surface area is 165 Å². The van der Waals surface area contributed by atoms with Gasteiger partial charge in [0.15, 0.2) is 0 Å². The Balaban J connectivity index is 1.88. The van der Waals surface area contributed by atoms with Gasteiger partial charge in [0.2, 0.25) is 10.7 Å². The van der Waals surface area contributed by atoms with Crippen molar-refractivity contribution in [2.45, 2.75) is 25.3 Å². The molecule has 3 aromatic rings. The van der Waals surface area contributed by atoms with Crippen LogP contribution in [0.1, 0.15) is 10.6 Å². The first-order valence-corrected chi connectivity index (χ1v) is 10.5. The Morgan fingerprint density at radius 1 is 1.18 bits per heavy atom. The van der Waals surface area contributed by atoms with Gasteiger partial charge in [0.1, 0.15) is 17.3 Å². The Morgan fingerprint density at radius 2 is 1.86 bits per heavy atom. The molecule has 0 aliphatic heterocycles. The number of anilines is 1. The molecule has 2 N–H and O–H groups in total. The molecule has 0 fully saturated rings. The van der Waals surface area contributed by atoms with Crippen LogP contribution in [0.4, 0.5) is 5.69 Å². The number of aromatic nitrogens is 2. The second-order valence-corrected chi connectivity index (χ2v) is 8.77. The minimum Gasteiger partial charge on any atom is -0.506 e. The average molecular weight is 419 g/mol. The quantitative estimate of drug-likeness (QED) is 0.617. The minimum absolute atomic E-state index is 0.0642. The Bertz CT molecular complexity index is 1180. The summed E-state index contributed by atoms with van der Waals surface area (Å²) in [7, 11) is -3.94. The topological polar surface area (TPSA) is 114 Å². The van der Waals surface area contributed by atoms with E-state index in [-0.39, 0.29) is 27.7 Å². The summed E-state index contributed by atoms with van der Waals surface area (Å²) in [5, 5.41) is 17.0. The summed E-state index contributed by atoms with van der Waals surface area (Å²) in [5.74, 6) is -0.539. The van der Waals surface area contributed by atoms with E-state index in [4.69, 9.17) is 0 Å². The molecule has 146 valence electrons. The third-order valence-electron chi connectivity index (χ3n) is 3.71. The van der Waals surface area contributed by atoms with E-state index >= 15 is 0 Å². The van der Waals surface area contributed by atoms with Crippen molar-refractivity contribution in [2.24, 2.45) is 4.40 Å². The SMILES string of the molecule is Cc1ccc(S(=O)(=O)/N=c2\sc(C)nn2CC(=O)Nc2ccccc2O)cc1. The van der Waals surface area contributed by atoms with Crippen LogP contribution in [0.2, 0.25) is 0 Å². The number of nitrogens with one attached hydrogen (secondary N) is 1. The van der Waals surface area contributed by atoms with Crippen molar-refractivity contribution in [2.75, 3.05) is 5.32 Å². The lowest BCUT2D eigenvalue weighted by Gasteiger charge is -2.07. The lowest BCUT2D eigenvalue weighted by Crippen LogP contribution is -2.27. The summed E-state index contributed by atoms with van der Waals surface area (Å²) in [6.45, 7) is 3.30. The zero-order valence-corrected chi connectivity index (χ0v) is 16.8. The summed E-state index contributed by atoms with van der Waals surface area (Å²) in [6.07, 6.45) is 0. The number of aryl methyl sites for hydroxylation is 2. The maximum absolute atomic E-state index is 12.6. The summed E-state index contributed by atoms with van der Waals surface area (Å²) in [4.78, 5) is 12.5. The molecule has 10 heteroatoms. The second-order valence-electron chi connectivity index (χ2n) is 6.01. The molecule has 0 saturated heterocycles. The van der Waals surface area contributed by atoms with Crippen LogP contribution >= 0.6 is 11.3 Å². The van der Waals surface area contributed by atoms with Gasteiger partial charge in [0.05, 0.1) is 10.6 Å². The highest BCUT2D eigenvalue weighted by Gasteiger charge is 2.15. The number of para-hydroxylation sites is 2. The van der Waals surface area contributed by atoms with E-state index in [0.717, 1.165) is 16.9 Å². The molecule has 8 nitrogen and oxygen atoms in total. The fraction of sp³-hybridized carbons (Fsp3) is 0.167. The predicted molar refractivity (Wildman–Crippen MR) is 106 cm³/mol. The third kappa shape index (κ3) is 4.65. The standard InChI is InChI=1S/C18H18N4O4S2/c1-12-7-9-14(10-8-12)28(25,26)21-18-22(20-13(2)27-18)11-17(24)19-15-5-3-4-6-16(15)23/h3-10,23H,11H2,1-2H3,(H,19,24)/b21-18-. The van der Waals surface area contributed by atoms with E-state index < -0.39 is 15.9 Å². The van der Waals surface area contributed by atoms with Gasteiger partial charge in [-0.05, 0) is 38.1 Å². The van der Waals surface area contributed by atoms with Gasteiger partial charge in [0.25, 0.3) is 10.0 Å². The van der Waals surface area contributed by atoms with E-state index in [9.17, 15) is 18.3 Å². The van der Waals surface area contributed by atoms with Gasteiger partial charge < -0.3 is 10.4 Å². The number of phenolic OH excluding ortho intramolecular Hbond substituents is 1. The van der Waals surface area contributed by atoms with Gasteiger partial charge in [-0.3, -0.25) is 4.79 Å². The highest BCUT2D eigenvalue weighted by molar-refractivity contribution is 7.90. The van der Waals surface area contributed by atoms with Crippen molar-refractivity contribution in [1.82, 2.24) is 9.78 Å². The van der Waals surface area contributed by atoms with E-state index in [1.54, 1.807) is 37.3 Å². The zero-order valence-electron chi connectivity index (χ0n) is 15.2. The van der Waals surface area contributed by atoms with Crippen molar-refractivity contribution < 1.29 is 18.3 Å². The summed E-state index contributed by atoms with van der Waals surface area (Å²) < 4.78 is 30.2. The van der Waals surface area contributed by atoms with Crippen molar-refractivity contribution >= 4 is 33.0 Å². The molecule has 2 aromatic carbocycles. The molecule has 0 radical (unpaired) electrons. The Kier molecular flexibility index (Phi) is 5.61. The molecule has 3 rings (SSSR count). The lowest BCUT2D eigenvalue weighted by molar-refractivity contribution is -0.117. The number of carbonyl (C=O) groups is 1. The molecule has 0 bridgehead atoms. The number of rotatable bonds is 5. The van der Waals surface area contributed by atoms with Crippen LogP contribution in [0, 0.1) is 13.8 Å². The molecule has 1 aromatic heterocycles. The molecule has 28 heavy (non-hydrogen) atoms. The number of sulfonamides is 1. The number of phenols is 1. The minimum atomic E-state index is -3.94. The first kappa shape index (κ1) is 19.8. The van der Waals surface area contributed by atoms with E-state index in [1.165, 1.54) is 22.9 Å². The number of benzene rings is 2. The summed E-state index contributed by atoms with van der Waals surface area (Å²) in [5.41, 5.74) is 1.19. The van der Waals surface area contributed by atoms with Crippen LogP contribution in [0.5, 0.6) is 5.75 Å². The fourth-order valence-corrected chi connectivity index (χ4v) is 4.30. The van der Waals surface area contributed by atoms with E-state index in [1.807, 2.05) is 6.92 Å². The number of amides is 1. The average Bonchev–Trinajstić information content (AvgIpc) is 2.95. The molecule has 1 heterocycles. The molecule has 0 spiro atoms. The first-order chi connectivity index (χ1) is 13.2. The largest absolute Gasteiger partial charge is 0.506 e. The Morgan fingerprint density at radius 3 is 2.54 bits per heavy atom. The number of aromatic hydroxyl groups is 1. The predicted octanol–water partition coefficient (Wildman–Crippen LogP) is 2.20.